The van der Waals surface area contributed by atoms with Crippen molar-refractivity contribution in [3.8, 4) is 22.5 Å². The highest BCUT2D eigenvalue weighted by Crippen LogP contribution is 2.36. The minimum absolute atomic E-state index is 0.104. The zero-order valence-corrected chi connectivity index (χ0v) is 16.2. The lowest BCUT2D eigenvalue weighted by Crippen LogP contribution is -2.09. The first-order valence-corrected chi connectivity index (χ1v) is 9.56. The standard InChI is InChI=1S/C20H15BrN2OS/c1-11-7-8-16(21)14(9-11)15-10-25-20-17(15)19(24)22-18(23-20)13-6-4-3-5-12(13)2/h3-10H,1-2H3,(H,22,23,24). The number of rotatable bonds is 2. The third-order valence-corrected chi connectivity index (χ3v) is 5.82. The molecule has 0 aliphatic carbocycles. The average Bonchev–Trinajstić information content (AvgIpc) is 3.02. The van der Waals surface area contributed by atoms with Crippen LogP contribution in [0.4, 0.5) is 0 Å². The third-order valence-electron chi connectivity index (χ3n) is 4.26. The van der Waals surface area contributed by atoms with Gasteiger partial charge >= 0.3 is 0 Å². The van der Waals surface area contributed by atoms with Crippen LogP contribution < -0.4 is 5.56 Å². The molecule has 1 N–H and O–H groups in total. The van der Waals surface area contributed by atoms with Crippen molar-refractivity contribution in [2.75, 3.05) is 0 Å². The first kappa shape index (κ1) is 16.2. The van der Waals surface area contributed by atoms with Crippen molar-refractivity contribution in [3.05, 3.63) is 73.8 Å². The Morgan fingerprint density at radius 3 is 2.64 bits per heavy atom. The summed E-state index contributed by atoms with van der Waals surface area (Å²) in [7, 11) is 0. The molecule has 124 valence electrons. The van der Waals surface area contributed by atoms with Crippen LogP contribution in [0.5, 0.6) is 0 Å². The Morgan fingerprint density at radius 2 is 1.84 bits per heavy atom. The van der Waals surface area contributed by atoms with Crippen molar-refractivity contribution in [3.63, 3.8) is 0 Å². The number of nitrogens with zero attached hydrogens (tertiary/aromatic N) is 1. The SMILES string of the molecule is Cc1ccc(Br)c(-c2csc3nc(-c4ccccc4C)[nH]c(=O)c23)c1. The lowest BCUT2D eigenvalue weighted by atomic mass is 10.0. The van der Waals surface area contributed by atoms with Gasteiger partial charge in [-0.05, 0) is 31.0 Å². The van der Waals surface area contributed by atoms with Gasteiger partial charge < -0.3 is 4.98 Å². The fourth-order valence-electron chi connectivity index (χ4n) is 2.96. The highest BCUT2D eigenvalue weighted by atomic mass is 79.9. The summed E-state index contributed by atoms with van der Waals surface area (Å²) in [5.74, 6) is 0.618. The molecule has 4 rings (SSSR count). The molecule has 2 aromatic carbocycles. The molecular weight excluding hydrogens is 396 g/mol. The van der Waals surface area contributed by atoms with Gasteiger partial charge in [-0.15, -0.1) is 11.3 Å². The number of H-pyrrole nitrogens is 1. The van der Waals surface area contributed by atoms with Gasteiger partial charge in [-0.25, -0.2) is 4.98 Å². The lowest BCUT2D eigenvalue weighted by molar-refractivity contribution is 1.18. The van der Waals surface area contributed by atoms with Crippen molar-refractivity contribution in [1.82, 2.24) is 9.97 Å². The Kier molecular flexibility index (Phi) is 4.06. The van der Waals surface area contributed by atoms with Crippen LogP contribution in [0.1, 0.15) is 11.1 Å². The second kappa shape index (κ2) is 6.24. The van der Waals surface area contributed by atoms with Crippen LogP contribution in [-0.4, -0.2) is 9.97 Å². The average molecular weight is 411 g/mol. The maximum absolute atomic E-state index is 12.8. The monoisotopic (exact) mass is 410 g/mol. The number of hydrogen-bond donors (Lipinski definition) is 1. The first-order valence-electron chi connectivity index (χ1n) is 7.88. The maximum Gasteiger partial charge on any atom is 0.260 e. The van der Waals surface area contributed by atoms with Crippen molar-refractivity contribution >= 4 is 37.5 Å². The zero-order chi connectivity index (χ0) is 17.6. The van der Waals surface area contributed by atoms with E-state index in [2.05, 4.69) is 27.0 Å². The van der Waals surface area contributed by atoms with Gasteiger partial charge in [0.05, 0.1) is 5.39 Å². The Labute approximate surface area is 157 Å². The van der Waals surface area contributed by atoms with E-state index < -0.39 is 0 Å². The number of halogens is 1. The van der Waals surface area contributed by atoms with Gasteiger partial charge in [-0.2, -0.15) is 0 Å². The molecule has 4 aromatic rings. The predicted molar refractivity (Wildman–Crippen MR) is 108 cm³/mol. The molecule has 0 saturated carbocycles. The van der Waals surface area contributed by atoms with Gasteiger partial charge in [0.15, 0.2) is 0 Å². The number of nitrogens with one attached hydrogen (secondary N) is 1. The van der Waals surface area contributed by atoms with E-state index in [1.165, 1.54) is 11.3 Å². The minimum Gasteiger partial charge on any atom is -0.306 e. The zero-order valence-electron chi connectivity index (χ0n) is 13.8. The quantitative estimate of drug-likeness (QED) is 0.460. The van der Waals surface area contributed by atoms with Gasteiger partial charge in [0.2, 0.25) is 0 Å². The summed E-state index contributed by atoms with van der Waals surface area (Å²) in [4.78, 5) is 21.3. The van der Waals surface area contributed by atoms with E-state index in [1.807, 2.05) is 55.6 Å². The number of benzene rings is 2. The Morgan fingerprint density at radius 1 is 1.04 bits per heavy atom. The molecule has 25 heavy (non-hydrogen) atoms. The van der Waals surface area contributed by atoms with Crippen molar-refractivity contribution < 1.29 is 0 Å². The van der Waals surface area contributed by atoms with Crippen LogP contribution >= 0.6 is 27.3 Å². The summed E-state index contributed by atoms with van der Waals surface area (Å²) in [6.45, 7) is 4.06. The van der Waals surface area contributed by atoms with E-state index >= 15 is 0 Å². The predicted octanol–water partition coefficient (Wildman–Crippen LogP) is 5.70. The van der Waals surface area contributed by atoms with Crippen LogP contribution in [0.3, 0.4) is 0 Å². The van der Waals surface area contributed by atoms with Crippen molar-refractivity contribution in [1.29, 1.82) is 0 Å². The number of aromatic amines is 1. The number of thiophene rings is 1. The summed E-state index contributed by atoms with van der Waals surface area (Å²) in [6.07, 6.45) is 0. The van der Waals surface area contributed by atoms with E-state index in [0.29, 0.717) is 11.2 Å². The van der Waals surface area contributed by atoms with Crippen LogP contribution in [0.25, 0.3) is 32.7 Å². The molecule has 0 fully saturated rings. The van der Waals surface area contributed by atoms with Crippen molar-refractivity contribution in [2.24, 2.45) is 0 Å². The second-order valence-electron chi connectivity index (χ2n) is 6.04. The topological polar surface area (TPSA) is 45.8 Å². The summed E-state index contributed by atoms with van der Waals surface area (Å²) in [6, 6.07) is 14.1. The Bertz CT molecular complexity index is 1160. The van der Waals surface area contributed by atoms with Gasteiger partial charge in [0.25, 0.3) is 5.56 Å². The summed E-state index contributed by atoms with van der Waals surface area (Å²) < 4.78 is 0.972. The minimum atomic E-state index is -0.104. The van der Waals surface area contributed by atoms with Crippen LogP contribution in [0.15, 0.2) is 57.1 Å². The van der Waals surface area contributed by atoms with Crippen LogP contribution in [0, 0.1) is 13.8 Å². The van der Waals surface area contributed by atoms with Crippen LogP contribution in [-0.2, 0) is 0 Å². The fourth-order valence-corrected chi connectivity index (χ4v) is 4.36. The lowest BCUT2D eigenvalue weighted by Gasteiger charge is -2.06. The first-order chi connectivity index (χ1) is 12.0. The highest BCUT2D eigenvalue weighted by molar-refractivity contribution is 9.10. The number of hydrogen-bond acceptors (Lipinski definition) is 3. The summed E-state index contributed by atoms with van der Waals surface area (Å²) >= 11 is 5.10. The molecule has 0 spiro atoms. The van der Waals surface area contributed by atoms with Crippen molar-refractivity contribution in [2.45, 2.75) is 13.8 Å². The maximum atomic E-state index is 12.8. The molecule has 0 bridgehead atoms. The van der Waals surface area contributed by atoms with E-state index in [0.717, 1.165) is 37.1 Å². The van der Waals surface area contributed by atoms with E-state index in [-0.39, 0.29) is 5.56 Å². The molecule has 2 heterocycles. The molecule has 0 atom stereocenters. The normalized spacial score (nSPS) is 11.2. The molecule has 0 aliphatic heterocycles. The third kappa shape index (κ3) is 2.83. The number of fused-ring (bicyclic) bond motifs is 1. The molecule has 0 saturated heterocycles. The molecule has 0 radical (unpaired) electrons. The van der Waals surface area contributed by atoms with E-state index in [1.54, 1.807) is 0 Å². The van der Waals surface area contributed by atoms with Gasteiger partial charge in [-0.3, -0.25) is 4.79 Å². The Hall–Kier alpha value is -2.24. The van der Waals surface area contributed by atoms with Gasteiger partial charge in [0.1, 0.15) is 10.7 Å². The molecule has 0 unspecified atom stereocenters. The smallest absolute Gasteiger partial charge is 0.260 e. The molecule has 5 heteroatoms. The highest BCUT2D eigenvalue weighted by Gasteiger charge is 2.16. The summed E-state index contributed by atoms with van der Waals surface area (Å²) in [5.41, 5.74) is 5.02. The summed E-state index contributed by atoms with van der Waals surface area (Å²) in [5, 5.41) is 2.65. The number of aryl methyl sites for hydroxylation is 2. The molecule has 0 aliphatic rings. The number of aromatic nitrogens is 2. The molecular formula is C20H15BrN2OS. The van der Waals surface area contributed by atoms with Gasteiger partial charge in [0, 0.05) is 21.0 Å². The molecule has 3 nitrogen and oxygen atoms in total. The fraction of sp³-hybridized carbons (Fsp3) is 0.100. The van der Waals surface area contributed by atoms with E-state index in [9.17, 15) is 4.79 Å². The van der Waals surface area contributed by atoms with E-state index in [4.69, 9.17) is 4.98 Å². The van der Waals surface area contributed by atoms with Gasteiger partial charge in [-0.1, -0.05) is 57.9 Å². The second-order valence-corrected chi connectivity index (χ2v) is 7.75. The Balaban J connectivity index is 1.96. The molecule has 2 aromatic heterocycles. The van der Waals surface area contributed by atoms with Crippen LogP contribution in [0.2, 0.25) is 0 Å². The largest absolute Gasteiger partial charge is 0.306 e. The molecule has 0 amide bonds.